The Labute approximate surface area is 127 Å². The largest absolute Gasteiger partial charge is 0.399 e. The molecule has 1 aromatic rings. The number of carbonyl (C=O) groups excluding carboxylic acids is 1. The predicted molar refractivity (Wildman–Crippen MR) is 86.7 cm³/mol. The molecule has 116 valence electrons. The van der Waals surface area contributed by atoms with Crippen molar-refractivity contribution < 1.29 is 9.63 Å². The molecule has 0 aliphatic carbocycles. The van der Waals surface area contributed by atoms with Crippen LogP contribution in [0.4, 0.5) is 0 Å². The Balaban J connectivity index is 2.77. The zero-order valence-electron chi connectivity index (χ0n) is 13.5. The first-order valence-corrected chi connectivity index (χ1v) is 7.62. The fourth-order valence-electron chi connectivity index (χ4n) is 2.22. The van der Waals surface area contributed by atoms with Crippen LogP contribution in [0.2, 0.25) is 0 Å². The molecule has 0 N–H and O–H groups in total. The van der Waals surface area contributed by atoms with Gasteiger partial charge in [0.2, 0.25) is 0 Å². The van der Waals surface area contributed by atoms with Crippen LogP contribution in [0, 0.1) is 5.92 Å². The third-order valence-electron chi connectivity index (χ3n) is 3.77. The lowest BCUT2D eigenvalue weighted by molar-refractivity contribution is 0.0735. The fourth-order valence-corrected chi connectivity index (χ4v) is 2.22. The number of rotatable bonds is 8. The van der Waals surface area contributed by atoms with Gasteiger partial charge in [-0.3, -0.25) is 4.79 Å². The van der Waals surface area contributed by atoms with E-state index in [1.165, 1.54) is 7.11 Å². The molecule has 0 saturated heterocycles. The minimum atomic E-state index is 0.0969. The number of hydrogen-bond acceptors (Lipinski definition) is 3. The Kier molecular flexibility index (Phi) is 7.51. The molecule has 0 spiro atoms. The molecule has 0 radical (unpaired) electrons. The van der Waals surface area contributed by atoms with Gasteiger partial charge in [0.15, 0.2) is 0 Å². The van der Waals surface area contributed by atoms with E-state index in [0.29, 0.717) is 5.92 Å². The van der Waals surface area contributed by atoms with Crippen molar-refractivity contribution in [3.63, 3.8) is 0 Å². The van der Waals surface area contributed by atoms with Crippen LogP contribution in [-0.2, 0) is 4.84 Å². The highest BCUT2D eigenvalue weighted by Crippen LogP contribution is 2.13. The van der Waals surface area contributed by atoms with E-state index in [1.807, 2.05) is 36.1 Å². The molecule has 0 aliphatic rings. The number of hydrogen-bond donors (Lipinski definition) is 0. The van der Waals surface area contributed by atoms with E-state index in [0.717, 1.165) is 37.1 Å². The summed E-state index contributed by atoms with van der Waals surface area (Å²) in [5.74, 6) is 0.668. The number of nitrogens with zero attached hydrogens (tertiary/aromatic N) is 2. The van der Waals surface area contributed by atoms with Gasteiger partial charge in [0.1, 0.15) is 7.11 Å². The first-order chi connectivity index (χ1) is 10.2. The summed E-state index contributed by atoms with van der Waals surface area (Å²) in [6, 6.07) is 7.44. The molecule has 4 heteroatoms. The van der Waals surface area contributed by atoms with E-state index in [2.05, 4.69) is 23.8 Å². The average Bonchev–Trinajstić information content (AvgIpc) is 2.54. The molecule has 1 aromatic carbocycles. The standard InChI is InChI=1S/C17H26N2O2/c1-5-14(6-2)13-19(7-3)17(20)16-10-8-15(9-11-16)12-18-21-4/h8-12,14H,5-7,13H2,1-4H3/b18-12+. The summed E-state index contributed by atoms with van der Waals surface area (Å²) >= 11 is 0. The van der Waals surface area contributed by atoms with E-state index in [1.54, 1.807) is 6.21 Å². The van der Waals surface area contributed by atoms with E-state index in [4.69, 9.17) is 0 Å². The predicted octanol–water partition coefficient (Wildman–Crippen LogP) is 3.57. The quantitative estimate of drug-likeness (QED) is 0.542. The number of benzene rings is 1. The van der Waals surface area contributed by atoms with Crippen LogP contribution < -0.4 is 0 Å². The van der Waals surface area contributed by atoms with Crippen molar-refractivity contribution in [2.45, 2.75) is 33.6 Å². The maximum atomic E-state index is 12.5. The van der Waals surface area contributed by atoms with Crippen molar-refractivity contribution in [1.82, 2.24) is 4.90 Å². The van der Waals surface area contributed by atoms with Gasteiger partial charge >= 0.3 is 0 Å². The fraction of sp³-hybridized carbons (Fsp3) is 0.529. The molecular formula is C17H26N2O2. The Morgan fingerprint density at radius 1 is 1.24 bits per heavy atom. The lowest BCUT2D eigenvalue weighted by Gasteiger charge is -2.25. The molecule has 4 nitrogen and oxygen atoms in total. The second-order valence-corrected chi connectivity index (χ2v) is 5.07. The third kappa shape index (κ3) is 5.21. The van der Waals surface area contributed by atoms with Crippen LogP contribution in [0.1, 0.15) is 49.5 Å². The Bertz CT molecular complexity index is 450. The lowest BCUT2D eigenvalue weighted by Crippen LogP contribution is -2.35. The molecule has 0 atom stereocenters. The molecule has 0 aromatic heterocycles. The van der Waals surface area contributed by atoms with Gasteiger partial charge in [0.05, 0.1) is 6.21 Å². The monoisotopic (exact) mass is 290 g/mol. The smallest absolute Gasteiger partial charge is 0.253 e. The van der Waals surface area contributed by atoms with Crippen LogP contribution >= 0.6 is 0 Å². The average molecular weight is 290 g/mol. The molecule has 0 saturated carbocycles. The van der Waals surface area contributed by atoms with Gasteiger partial charge in [0.25, 0.3) is 5.91 Å². The maximum Gasteiger partial charge on any atom is 0.253 e. The summed E-state index contributed by atoms with van der Waals surface area (Å²) in [6.45, 7) is 7.95. The topological polar surface area (TPSA) is 41.9 Å². The highest BCUT2D eigenvalue weighted by Gasteiger charge is 2.17. The first kappa shape index (κ1) is 17.2. The number of amides is 1. The van der Waals surface area contributed by atoms with Crippen molar-refractivity contribution in [3.05, 3.63) is 35.4 Å². The zero-order chi connectivity index (χ0) is 15.7. The Morgan fingerprint density at radius 3 is 2.33 bits per heavy atom. The molecular weight excluding hydrogens is 264 g/mol. The molecule has 1 amide bonds. The van der Waals surface area contributed by atoms with E-state index in [-0.39, 0.29) is 5.91 Å². The summed E-state index contributed by atoms with van der Waals surface area (Å²) in [5.41, 5.74) is 1.63. The zero-order valence-corrected chi connectivity index (χ0v) is 13.5. The minimum absolute atomic E-state index is 0.0969. The summed E-state index contributed by atoms with van der Waals surface area (Å²) < 4.78 is 0. The molecule has 1 rings (SSSR count). The molecule has 0 bridgehead atoms. The number of oxime groups is 1. The first-order valence-electron chi connectivity index (χ1n) is 7.62. The van der Waals surface area contributed by atoms with Crippen molar-refractivity contribution in [2.75, 3.05) is 20.2 Å². The summed E-state index contributed by atoms with van der Waals surface area (Å²) in [7, 11) is 1.51. The van der Waals surface area contributed by atoms with Crippen LogP contribution in [-0.4, -0.2) is 37.2 Å². The maximum absolute atomic E-state index is 12.5. The summed E-state index contributed by atoms with van der Waals surface area (Å²) in [6.07, 6.45) is 3.83. The van der Waals surface area contributed by atoms with E-state index >= 15 is 0 Å². The van der Waals surface area contributed by atoms with Crippen LogP contribution in [0.15, 0.2) is 29.4 Å². The Morgan fingerprint density at radius 2 is 1.86 bits per heavy atom. The molecule has 21 heavy (non-hydrogen) atoms. The molecule has 0 heterocycles. The number of carbonyl (C=O) groups is 1. The van der Waals surface area contributed by atoms with Gasteiger partial charge in [-0.25, -0.2) is 0 Å². The highest BCUT2D eigenvalue weighted by molar-refractivity contribution is 5.95. The van der Waals surface area contributed by atoms with E-state index < -0.39 is 0 Å². The summed E-state index contributed by atoms with van der Waals surface area (Å²) in [4.78, 5) is 19.1. The van der Waals surface area contributed by atoms with E-state index in [9.17, 15) is 4.79 Å². The van der Waals surface area contributed by atoms with Crippen LogP contribution in [0.25, 0.3) is 0 Å². The van der Waals surface area contributed by atoms with Crippen molar-refractivity contribution >= 4 is 12.1 Å². The van der Waals surface area contributed by atoms with Gasteiger partial charge in [-0.05, 0) is 30.5 Å². The second-order valence-electron chi connectivity index (χ2n) is 5.07. The lowest BCUT2D eigenvalue weighted by atomic mass is 10.0. The summed E-state index contributed by atoms with van der Waals surface area (Å²) in [5, 5.41) is 3.71. The second kappa shape index (κ2) is 9.16. The molecule has 0 fully saturated rings. The van der Waals surface area contributed by atoms with Crippen molar-refractivity contribution in [2.24, 2.45) is 11.1 Å². The van der Waals surface area contributed by atoms with Gasteiger partial charge in [0, 0.05) is 18.7 Å². The van der Waals surface area contributed by atoms with Crippen molar-refractivity contribution in [1.29, 1.82) is 0 Å². The van der Waals surface area contributed by atoms with Gasteiger partial charge in [-0.1, -0.05) is 44.0 Å². The highest BCUT2D eigenvalue weighted by atomic mass is 16.6. The SMILES string of the molecule is CCC(CC)CN(CC)C(=O)c1ccc(/C=N/OC)cc1. The minimum Gasteiger partial charge on any atom is -0.399 e. The van der Waals surface area contributed by atoms with Gasteiger partial charge < -0.3 is 9.74 Å². The molecule has 0 unspecified atom stereocenters. The normalized spacial score (nSPS) is 11.1. The van der Waals surface area contributed by atoms with Gasteiger partial charge in [-0.15, -0.1) is 0 Å². The van der Waals surface area contributed by atoms with Crippen LogP contribution in [0.3, 0.4) is 0 Å². The van der Waals surface area contributed by atoms with Gasteiger partial charge in [-0.2, -0.15) is 0 Å². The van der Waals surface area contributed by atoms with Crippen LogP contribution in [0.5, 0.6) is 0 Å². The van der Waals surface area contributed by atoms with Crippen molar-refractivity contribution in [3.8, 4) is 0 Å². The third-order valence-corrected chi connectivity index (χ3v) is 3.77. The molecule has 0 aliphatic heterocycles. The Hall–Kier alpha value is -1.84.